The Labute approximate surface area is 88.2 Å². The number of primary sulfonamides is 1. The molecular weight excluding hydrogens is 212 g/mol. The second-order valence-corrected chi connectivity index (χ2v) is 4.65. The molecule has 1 aliphatic rings. The van der Waals surface area contributed by atoms with Crippen molar-refractivity contribution >= 4 is 15.7 Å². The summed E-state index contributed by atoms with van der Waals surface area (Å²) in [6.07, 6.45) is 5.36. The number of hydrogen-bond acceptors (Lipinski definition) is 2. The summed E-state index contributed by atoms with van der Waals surface area (Å²) in [5.41, 5.74) is 1.68. The van der Waals surface area contributed by atoms with E-state index in [-0.39, 0.29) is 4.90 Å². The van der Waals surface area contributed by atoms with Gasteiger partial charge in [0, 0.05) is 11.8 Å². The van der Waals surface area contributed by atoms with Crippen molar-refractivity contribution in [1.82, 2.24) is 5.32 Å². The minimum absolute atomic E-state index is 0.109. The minimum Gasteiger partial charge on any atom is -0.256 e. The van der Waals surface area contributed by atoms with Crippen LogP contribution in [-0.4, -0.2) is 8.42 Å². The van der Waals surface area contributed by atoms with Crippen LogP contribution in [0, 0.1) is 0 Å². The Morgan fingerprint density at radius 2 is 1.80 bits per heavy atom. The number of benzene rings is 1. The minimum atomic E-state index is -3.61. The highest BCUT2D eigenvalue weighted by Crippen LogP contribution is 2.18. The van der Waals surface area contributed by atoms with E-state index >= 15 is 0 Å². The van der Waals surface area contributed by atoms with Crippen LogP contribution in [0.1, 0.15) is 5.56 Å². The van der Waals surface area contributed by atoms with Crippen molar-refractivity contribution in [2.75, 3.05) is 0 Å². The van der Waals surface area contributed by atoms with Crippen molar-refractivity contribution < 1.29 is 8.42 Å². The van der Waals surface area contributed by atoms with E-state index in [1.165, 1.54) is 12.1 Å². The average Bonchev–Trinajstić information content (AvgIpc) is 2.69. The van der Waals surface area contributed by atoms with E-state index in [1.54, 1.807) is 18.3 Å². The Morgan fingerprint density at radius 3 is 2.27 bits per heavy atom. The van der Waals surface area contributed by atoms with Crippen molar-refractivity contribution in [2.45, 2.75) is 4.90 Å². The third kappa shape index (κ3) is 2.08. The molecule has 0 amide bonds. The lowest BCUT2D eigenvalue weighted by Crippen LogP contribution is -2.11. The number of rotatable bonds is 2. The van der Waals surface area contributed by atoms with Crippen LogP contribution in [0.3, 0.4) is 0 Å². The highest BCUT2D eigenvalue weighted by Gasteiger charge is 2.09. The lowest BCUT2D eigenvalue weighted by atomic mass is 10.1. The molecule has 2 N–H and O–H groups in total. The van der Waals surface area contributed by atoms with Crippen molar-refractivity contribution in [2.24, 2.45) is 5.14 Å². The molecule has 0 fully saturated rings. The van der Waals surface area contributed by atoms with Gasteiger partial charge in [0.1, 0.15) is 0 Å². The van der Waals surface area contributed by atoms with Crippen LogP contribution in [-0.2, 0) is 10.0 Å². The molecule has 0 unspecified atom stereocenters. The maximum atomic E-state index is 11.0. The molecule has 0 bridgehead atoms. The summed E-state index contributed by atoms with van der Waals surface area (Å²) < 4.78 is 22.0. The maximum absolute atomic E-state index is 11.0. The van der Waals surface area contributed by atoms with Gasteiger partial charge >= 0.3 is 0 Å². The molecule has 1 aromatic rings. The SMILES string of the molecule is NS(=O)(=O)c1ccc(C2=CC=C[N]2)cc1. The normalized spacial score (nSPS) is 14.9. The van der Waals surface area contributed by atoms with Gasteiger partial charge in [0.05, 0.1) is 10.6 Å². The predicted molar refractivity (Wildman–Crippen MR) is 57.1 cm³/mol. The zero-order chi connectivity index (χ0) is 10.9. The summed E-state index contributed by atoms with van der Waals surface area (Å²) in [6, 6.07) is 6.31. The third-order valence-electron chi connectivity index (χ3n) is 2.03. The Morgan fingerprint density at radius 1 is 1.13 bits per heavy atom. The zero-order valence-corrected chi connectivity index (χ0v) is 8.61. The fraction of sp³-hybridized carbons (Fsp3) is 0. The summed E-state index contributed by atoms with van der Waals surface area (Å²) in [6.45, 7) is 0. The first-order valence-electron chi connectivity index (χ1n) is 4.28. The van der Waals surface area contributed by atoms with E-state index in [9.17, 15) is 8.42 Å². The van der Waals surface area contributed by atoms with Crippen molar-refractivity contribution in [3.05, 3.63) is 48.2 Å². The lowest BCUT2D eigenvalue weighted by molar-refractivity contribution is 0.598. The van der Waals surface area contributed by atoms with Gasteiger partial charge < -0.3 is 0 Å². The standard InChI is InChI=1S/C10H9N2O2S/c11-15(13,14)9-5-3-8(4-6-9)10-2-1-7-12-10/h1-7H,(H2,11,13,14). The van der Waals surface area contributed by atoms with E-state index in [4.69, 9.17) is 5.14 Å². The van der Waals surface area contributed by atoms with Crippen LogP contribution in [0.4, 0.5) is 0 Å². The van der Waals surface area contributed by atoms with Gasteiger partial charge in [-0.2, -0.15) is 0 Å². The van der Waals surface area contributed by atoms with E-state index in [0.717, 1.165) is 11.3 Å². The Bertz CT molecular complexity index is 527. The van der Waals surface area contributed by atoms with Crippen LogP contribution in [0.5, 0.6) is 0 Å². The van der Waals surface area contributed by atoms with Crippen LogP contribution in [0.25, 0.3) is 5.70 Å². The second-order valence-electron chi connectivity index (χ2n) is 3.09. The molecule has 1 aromatic carbocycles. The van der Waals surface area contributed by atoms with Gasteiger partial charge in [-0.3, -0.25) is 5.32 Å². The lowest BCUT2D eigenvalue weighted by Gasteiger charge is -2.02. The van der Waals surface area contributed by atoms with Gasteiger partial charge in [-0.1, -0.05) is 12.1 Å². The first-order valence-corrected chi connectivity index (χ1v) is 5.83. The predicted octanol–water partition coefficient (Wildman–Crippen LogP) is 0.807. The maximum Gasteiger partial charge on any atom is 0.238 e. The molecule has 1 aliphatic heterocycles. The molecule has 1 heterocycles. The Balaban J connectivity index is 2.33. The fourth-order valence-corrected chi connectivity index (χ4v) is 1.80. The van der Waals surface area contributed by atoms with Crippen LogP contribution in [0.15, 0.2) is 47.5 Å². The Kier molecular flexibility index (Phi) is 2.34. The smallest absolute Gasteiger partial charge is 0.238 e. The van der Waals surface area contributed by atoms with Gasteiger partial charge in [0.2, 0.25) is 10.0 Å². The number of nitrogens with zero attached hydrogens (tertiary/aromatic N) is 1. The molecule has 0 aliphatic carbocycles. The quantitative estimate of drug-likeness (QED) is 0.802. The van der Waals surface area contributed by atoms with E-state index in [2.05, 4.69) is 5.32 Å². The molecule has 0 saturated carbocycles. The van der Waals surface area contributed by atoms with E-state index in [0.29, 0.717) is 0 Å². The summed E-state index contributed by atoms with van der Waals surface area (Å²) in [5.74, 6) is 0. The number of nitrogens with two attached hydrogens (primary N) is 1. The van der Waals surface area contributed by atoms with E-state index < -0.39 is 10.0 Å². The number of hydrogen-bond donors (Lipinski definition) is 1. The molecule has 77 valence electrons. The molecule has 0 spiro atoms. The van der Waals surface area contributed by atoms with Gasteiger partial charge in [-0.05, 0) is 24.3 Å². The first kappa shape index (κ1) is 9.95. The average molecular weight is 221 g/mol. The molecule has 4 nitrogen and oxygen atoms in total. The molecule has 2 rings (SSSR count). The molecule has 0 atom stereocenters. The van der Waals surface area contributed by atoms with Gasteiger partial charge in [-0.25, -0.2) is 13.6 Å². The molecule has 0 aromatic heterocycles. The number of sulfonamides is 1. The summed E-state index contributed by atoms with van der Waals surface area (Å²) in [7, 11) is -3.61. The highest BCUT2D eigenvalue weighted by molar-refractivity contribution is 7.89. The first-order chi connectivity index (χ1) is 7.07. The van der Waals surface area contributed by atoms with Gasteiger partial charge in [-0.15, -0.1) is 0 Å². The molecule has 15 heavy (non-hydrogen) atoms. The Hall–Kier alpha value is -1.59. The molecular formula is C10H9N2O2S. The zero-order valence-electron chi connectivity index (χ0n) is 7.79. The summed E-state index contributed by atoms with van der Waals surface area (Å²) >= 11 is 0. The van der Waals surface area contributed by atoms with Crippen molar-refractivity contribution in [3.8, 4) is 0 Å². The monoisotopic (exact) mass is 221 g/mol. The molecule has 5 heteroatoms. The van der Waals surface area contributed by atoms with Gasteiger partial charge in [0.15, 0.2) is 0 Å². The van der Waals surface area contributed by atoms with E-state index in [1.807, 2.05) is 12.2 Å². The highest BCUT2D eigenvalue weighted by atomic mass is 32.2. The second kappa shape index (κ2) is 3.52. The topological polar surface area (TPSA) is 74.3 Å². The third-order valence-corrected chi connectivity index (χ3v) is 2.96. The molecule has 0 saturated heterocycles. The summed E-state index contributed by atoms with van der Waals surface area (Å²) in [5, 5.41) is 9.08. The van der Waals surface area contributed by atoms with Crippen molar-refractivity contribution in [1.29, 1.82) is 0 Å². The van der Waals surface area contributed by atoms with Gasteiger partial charge in [0.25, 0.3) is 0 Å². The molecule has 1 radical (unpaired) electrons. The fourth-order valence-electron chi connectivity index (χ4n) is 1.29. The van der Waals surface area contributed by atoms with Crippen molar-refractivity contribution in [3.63, 3.8) is 0 Å². The summed E-state index contributed by atoms with van der Waals surface area (Å²) in [4.78, 5) is 0.109. The van der Waals surface area contributed by atoms with Crippen LogP contribution >= 0.6 is 0 Å². The van der Waals surface area contributed by atoms with Crippen LogP contribution in [0.2, 0.25) is 0 Å². The largest absolute Gasteiger partial charge is 0.256 e. The number of allylic oxidation sites excluding steroid dienone is 2. The van der Waals surface area contributed by atoms with Crippen LogP contribution < -0.4 is 10.5 Å².